The summed E-state index contributed by atoms with van der Waals surface area (Å²) in [6, 6.07) is 6.57. The van der Waals surface area contributed by atoms with Crippen molar-refractivity contribution in [3.05, 3.63) is 60.0 Å². The zero-order valence-electron chi connectivity index (χ0n) is 16.4. The number of benzene rings is 1. The normalized spacial score (nSPS) is 15.0. The number of aromatic nitrogens is 3. The summed E-state index contributed by atoms with van der Waals surface area (Å²) in [7, 11) is -4.04. The first-order valence-electron chi connectivity index (χ1n) is 9.65. The van der Waals surface area contributed by atoms with E-state index in [1.807, 2.05) is 0 Å². The minimum atomic E-state index is -4.04. The molecule has 11 heteroatoms. The number of hydrogen-bond acceptors (Lipinski definition) is 8. The van der Waals surface area contributed by atoms with Gasteiger partial charge in [-0.1, -0.05) is 11.6 Å². The van der Waals surface area contributed by atoms with Crippen molar-refractivity contribution in [2.75, 3.05) is 13.1 Å². The molecule has 9 nitrogen and oxygen atoms in total. The van der Waals surface area contributed by atoms with E-state index in [1.165, 1.54) is 10.4 Å². The van der Waals surface area contributed by atoms with Crippen LogP contribution in [0.2, 0.25) is 0 Å². The number of esters is 1. The lowest BCUT2D eigenvalue weighted by Gasteiger charge is -2.26. The Balaban J connectivity index is 1.47. The predicted molar refractivity (Wildman–Crippen MR) is 106 cm³/mol. The van der Waals surface area contributed by atoms with Gasteiger partial charge in [-0.25, -0.2) is 17.6 Å². The lowest BCUT2D eigenvalue weighted by Crippen LogP contribution is -2.36. The molecule has 162 valence electrons. The minimum Gasteiger partial charge on any atom is -0.452 e. The third-order valence-corrected chi connectivity index (χ3v) is 6.73. The molecule has 0 unspecified atom stereocenters. The van der Waals surface area contributed by atoms with E-state index in [0.29, 0.717) is 31.5 Å². The summed E-state index contributed by atoms with van der Waals surface area (Å²) in [5.41, 5.74) is 0.541. The first-order valence-corrected chi connectivity index (χ1v) is 11.1. The Morgan fingerprint density at radius 2 is 2.00 bits per heavy atom. The van der Waals surface area contributed by atoms with Crippen LogP contribution in [0.25, 0.3) is 11.4 Å². The maximum Gasteiger partial charge on any atom is 0.338 e. The fourth-order valence-electron chi connectivity index (χ4n) is 3.21. The van der Waals surface area contributed by atoms with Crippen LogP contribution < -0.4 is 0 Å². The summed E-state index contributed by atoms with van der Waals surface area (Å²) in [6.07, 6.45) is 5.53. The van der Waals surface area contributed by atoms with E-state index in [-0.39, 0.29) is 23.9 Å². The molecular formula is C20H19FN4O5S. The van der Waals surface area contributed by atoms with Crippen molar-refractivity contribution < 1.29 is 26.9 Å². The highest BCUT2D eigenvalue weighted by molar-refractivity contribution is 7.89. The second kappa shape index (κ2) is 8.90. The van der Waals surface area contributed by atoms with Gasteiger partial charge in [0.1, 0.15) is 10.7 Å². The first-order chi connectivity index (χ1) is 14.9. The van der Waals surface area contributed by atoms with Crippen LogP contribution in [0.3, 0.4) is 0 Å². The van der Waals surface area contributed by atoms with Crippen LogP contribution in [0.1, 0.15) is 35.5 Å². The number of piperidine rings is 1. The predicted octanol–water partition coefficient (Wildman–Crippen LogP) is 2.80. The first kappa shape index (κ1) is 21.1. The molecule has 0 spiro atoms. The molecule has 1 aliphatic heterocycles. The molecule has 1 aliphatic rings. The lowest BCUT2D eigenvalue weighted by molar-refractivity contribution is 0.0429. The Bertz CT molecular complexity index is 1180. The van der Waals surface area contributed by atoms with Crippen LogP contribution in [0.4, 0.5) is 4.39 Å². The number of halogens is 1. The van der Waals surface area contributed by atoms with E-state index in [0.717, 1.165) is 18.6 Å². The molecule has 1 aromatic carbocycles. The van der Waals surface area contributed by atoms with Gasteiger partial charge in [-0.05, 0) is 43.2 Å². The molecule has 31 heavy (non-hydrogen) atoms. The SMILES string of the molecule is O=C(OCc1nc(-c2cccnc2)no1)c1ccc(F)c(S(=O)(=O)N2CCCCC2)c1. The molecule has 3 heterocycles. The average molecular weight is 446 g/mol. The number of pyridine rings is 1. The van der Waals surface area contributed by atoms with Crippen molar-refractivity contribution in [2.24, 2.45) is 0 Å². The smallest absolute Gasteiger partial charge is 0.338 e. The van der Waals surface area contributed by atoms with Crippen LogP contribution >= 0.6 is 0 Å². The molecule has 0 amide bonds. The third kappa shape index (κ3) is 4.62. The van der Waals surface area contributed by atoms with Gasteiger partial charge in [0.15, 0.2) is 6.61 Å². The molecule has 4 rings (SSSR count). The number of rotatable bonds is 6. The van der Waals surface area contributed by atoms with Gasteiger partial charge in [0.05, 0.1) is 5.56 Å². The van der Waals surface area contributed by atoms with Crippen molar-refractivity contribution in [2.45, 2.75) is 30.8 Å². The lowest BCUT2D eigenvalue weighted by atomic mass is 10.2. The van der Waals surface area contributed by atoms with Crippen LogP contribution in [0, 0.1) is 5.82 Å². The van der Waals surface area contributed by atoms with Crippen molar-refractivity contribution in [1.29, 1.82) is 0 Å². The summed E-state index contributed by atoms with van der Waals surface area (Å²) in [5.74, 6) is -1.41. The number of sulfonamides is 1. The van der Waals surface area contributed by atoms with Crippen LogP contribution in [-0.4, -0.2) is 46.9 Å². The summed E-state index contributed by atoms with van der Waals surface area (Å²) in [6.45, 7) is 0.331. The van der Waals surface area contributed by atoms with Gasteiger partial charge >= 0.3 is 5.97 Å². The summed E-state index contributed by atoms with van der Waals surface area (Å²) in [4.78, 5) is 20.0. The van der Waals surface area contributed by atoms with Gasteiger partial charge in [-0.2, -0.15) is 9.29 Å². The monoisotopic (exact) mass is 446 g/mol. The second-order valence-corrected chi connectivity index (χ2v) is 8.85. The van der Waals surface area contributed by atoms with Gasteiger partial charge in [-0.15, -0.1) is 0 Å². The quantitative estimate of drug-likeness (QED) is 0.531. The van der Waals surface area contributed by atoms with Crippen LogP contribution in [-0.2, 0) is 21.4 Å². The molecule has 2 aromatic heterocycles. The number of ether oxygens (including phenoxy) is 1. The Morgan fingerprint density at radius 3 is 2.74 bits per heavy atom. The molecular weight excluding hydrogens is 427 g/mol. The Hall–Kier alpha value is -3.18. The number of carbonyl (C=O) groups excluding carboxylic acids is 1. The molecule has 0 saturated carbocycles. The summed E-state index contributed by atoms with van der Waals surface area (Å²) >= 11 is 0. The Morgan fingerprint density at radius 1 is 1.19 bits per heavy atom. The van der Waals surface area contributed by atoms with E-state index < -0.39 is 26.7 Å². The fourth-order valence-corrected chi connectivity index (χ4v) is 4.82. The molecule has 0 aliphatic carbocycles. The zero-order valence-corrected chi connectivity index (χ0v) is 17.2. The van der Waals surface area contributed by atoms with E-state index in [9.17, 15) is 17.6 Å². The van der Waals surface area contributed by atoms with Crippen molar-refractivity contribution in [1.82, 2.24) is 19.4 Å². The van der Waals surface area contributed by atoms with Gasteiger partial charge in [0, 0.05) is 31.0 Å². The minimum absolute atomic E-state index is 0.0514. The Kier molecular flexibility index (Phi) is 6.05. The van der Waals surface area contributed by atoms with E-state index in [2.05, 4.69) is 15.1 Å². The van der Waals surface area contributed by atoms with Crippen molar-refractivity contribution in [3.63, 3.8) is 0 Å². The summed E-state index contributed by atoms with van der Waals surface area (Å²) < 4.78 is 51.3. The molecule has 0 N–H and O–H groups in total. The highest BCUT2D eigenvalue weighted by atomic mass is 32.2. The molecule has 0 radical (unpaired) electrons. The largest absolute Gasteiger partial charge is 0.452 e. The van der Waals surface area contributed by atoms with E-state index in [1.54, 1.807) is 24.5 Å². The standard InChI is InChI=1S/C20H19FN4O5S/c21-16-7-6-14(11-17(16)31(27,28)25-9-2-1-3-10-25)20(26)29-13-18-23-19(24-30-18)15-5-4-8-22-12-15/h4-8,11-12H,1-3,9-10,13H2. The highest BCUT2D eigenvalue weighted by Gasteiger charge is 2.29. The third-order valence-electron chi connectivity index (χ3n) is 4.81. The van der Waals surface area contributed by atoms with E-state index >= 15 is 0 Å². The van der Waals surface area contributed by atoms with Gasteiger partial charge in [-0.3, -0.25) is 4.98 Å². The Labute approximate surface area is 177 Å². The maximum absolute atomic E-state index is 14.3. The molecule has 1 saturated heterocycles. The number of nitrogens with zero attached hydrogens (tertiary/aromatic N) is 4. The fraction of sp³-hybridized carbons (Fsp3) is 0.300. The van der Waals surface area contributed by atoms with E-state index in [4.69, 9.17) is 9.26 Å². The highest BCUT2D eigenvalue weighted by Crippen LogP contribution is 2.24. The summed E-state index contributed by atoms with van der Waals surface area (Å²) in [5, 5.41) is 3.80. The van der Waals surface area contributed by atoms with Gasteiger partial charge in [0.25, 0.3) is 5.89 Å². The molecule has 1 fully saturated rings. The van der Waals surface area contributed by atoms with Crippen molar-refractivity contribution in [3.8, 4) is 11.4 Å². The number of carbonyl (C=O) groups is 1. The van der Waals surface area contributed by atoms with Crippen molar-refractivity contribution >= 4 is 16.0 Å². The molecule has 0 atom stereocenters. The van der Waals surface area contributed by atoms with Gasteiger partial charge < -0.3 is 9.26 Å². The second-order valence-electron chi connectivity index (χ2n) is 6.94. The molecule has 3 aromatic rings. The maximum atomic E-state index is 14.3. The van der Waals surface area contributed by atoms with Crippen LogP contribution in [0.5, 0.6) is 0 Å². The number of hydrogen-bond donors (Lipinski definition) is 0. The van der Waals surface area contributed by atoms with Gasteiger partial charge in [0.2, 0.25) is 15.8 Å². The van der Waals surface area contributed by atoms with Crippen LogP contribution in [0.15, 0.2) is 52.1 Å². The topological polar surface area (TPSA) is 115 Å². The zero-order chi connectivity index (χ0) is 21.8. The molecule has 0 bridgehead atoms. The average Bonchev–Trinajstić information content (AvgIpc) is 3.28.